The van der Waals surface area contributed by atoms with Crippen LogP contribution in [0.1, 0.15) is 284 Å². The minimum absolute atomic E-state index is 0.00259. The molecular weight excluding hydrogens is 930 g/mol. The number of hydrogen-bond donors (Lipinski definition) is 2. The molecule has 0 saturated carbocycles. The molecule has 2 unspecified atom stereocenters. The fourth-order valence-electron chi connectivity index (χ4n) is 8.65. The molecule has 0 amide bonds. The van der Waals surface area contributed by atoms with Gasteiger partial charge in [0.1, 0.15) is 6.61 Å². The maximum atomic E-state index is 12.6. The number of ether oxygens (including phenoxy) is 2. The molecule has 3 N–H and O–H groups in total. The van der Waals surface area contributed by atoms with Crippen molar-refractivity contribution in [1.29, 1.82) is 0 Å². The third-order valence-corrected chi connectivity index (χ3v) is 14.1. The molecule has 0 aromatic carbocycles. The van der Waals surface area contributed by atoms with Crippen LogP contribution in [0, 0.1) is 0 Å². The number of phosphoric acid groups is 1. The number of phosphoric ester groups is 1. The lowest BCUT2D eigenvalue weighted by Gasteiger charge is -2.19. The van der Waals surface area contributed by atoms with Crippen LogP contribution in [0.15, 0.2) is 72.9 Å². The number of nitrogens with two attached hydrogens (primary N) is 1. The molecule has 0 saturated heterocycles. The Kier molecular flexibility index (Phi) is 56.7. The summed E-state index contributed by atoms with van der Waals surface area (Å²) in [6, 6.07) is 0. The number of carbonyl (C=O) groups excluding carboxylic acids is 2. The average molecular weight is 1040 g/mol. The summed E-state index contributed by atoms with van der Waals surface area (Å²) in [4.78, 5) is 35.0. The number of rotatable bonds is 57. The Labute approximate surface area is 450 Å². The minimum atomic E-state index is -4.41. The van der Waals surface area contributed by atoms with Crippen LogP contribution in [0.4, 0.5) is 0 Å². The zero-order valence-corrected chi connectivity index (χ0v) is 48.3. The van der Waals surface area contributed by atoms with E-state index in [4.69, 9.17) is 24.3 Å². The highest BCUT2D eigenvalue weighted by atomic mass is 31.2. The highest BCUT2D eigenvalue weighted by molar-refractivity contribution is 7.47. The quantitative estimate of drug-likeness (QED) is 0.0264. The van der Waals surface area contributed by atoms with E-state index in [9.17, 15) is 19.0 Å². The van der Waals surface area contributed by atoms with Crippen molar-refractivity contribution in [2.75, 3.05) is 26.4 Å². The van der Waals surface area contributed by atoms with Crippen LogP contribution in [-0.4, -0.2) is 49.3 Å². The van der Waals surface area contributed by atoms with Gasteiger partial charge < -0.3 is 20.1 Å². The Morgan fingerprint density at radius 1 is 0.438 bits per heavy atom. The number of esters is 2. The van der Waals surface area contributed by atoms with Gasteiger partial charge in [0.15, 0.2) is 6.10 Å². The summed E-state index contributed by atoms with van der Waals surface area (Å²) in [5, 5.41) is 0. The van der Waals surface area contributed by atoms with Crippen molar-refractivity contribution >= 4 is 19.8 Å². The van der Waals surface area contributed by atoms with Gasteiger partial charge in [-0.2, -0.15) is 0 Å². The zero-order chi connectivity index (χ0) is 53.1. The third-order valence-electron chi connectivity index (χ3n) is 13.1. The first-order valence-corrected chi connectivity index (χ1v) is 31.9. The molecule has 0 bridgehead atoms. The van der Waals surface area contributed by atoms with Gasteiger partial charge in [-0.05, 0) is 64.2 Å². The highest BCUT2D eigenvalue weighted by Gasteiger charge is 2.25. The second kappa shape index (κ2) is 58.7. The monoisotopic (exact) mass is 1040 g/mol. The largest absolute Gasteiger partial charge is 0.472 e. The van der Waals surface area contributed by atoms with E-state index in [1.54, 1.807) is 6.08 Å². The number of carbonyl (C=O) groups is 2. The Morgan fingerprint density at radius 3 is 1.18 bits per heavy atom. The zero-order valence-electron chi connectivity index (χ0n) is 47.4. The standard InChI is InChI=1S/C63H114NO8P/c1-3-5-7-9-11-13-15-17-19-20-21-22-23-24-25-26-27-28-29-30-31-32-33-34-35-36-37-38-39-40-42-43-45-47-49-51-53-55-62(65)69-59-61(60-71-73(67,68)70-58-57-64)72-63(66)56-54-52-50-48-46-44-41-18-16-14-12-10-8-6-4-2/h6,8,12,14,18,20-21,41,46,48,52,54,61H,3-5,7,9-11,13,15-17,19,22-40,42-45,47,49-51,53,55-60,64H2,1-2H3,(H,67,68)/b8-6-,14-12-,21-20-,41-18-,48-46-,54-52-. The third kappa shape index (κ3) is 58.6. The Morgan fingerprint density at radius 2 is 0.795 bits per heavy atom. The molecule has 73 heavy (non-hydrogen) atoms. The summed E-state index contributed by atoms with van der Waals surface area (Å²) in [5.41, 5.74) is 5.36. The molecule has 0 spiro atoms. The molecule has 424 valence electrons. The van der Waals surface area contributed by atoms with Crippen LogP contribution in [0.5, 0.6) is 0 Å². The Balaban J connectivity index is 3.81. The van der Waals surface area contributed by atoms with Gasteiger partial charge >= 0.3 is 19.8 Å². The normalized spacial score (nSPS) is 13.5. The van der Waals surface area contributed by atoms with Crippen LogP contribution in [0.3, 0.4) is 0 Å². The van der Waals surface area contributed by atoms with E-state index in [2.05, 4.69) is 68.5 Å². The fraction of sp³-hybridized carbons (Fsp3) is 0.778. The van der Waals surface area contributed by atoms with Crippen LogP contribution in [0.2, 0.25) is 0 Å². The summed E-state index contributed by atoms with van der Waals surface area (Å²) in [6.45, 7) is 3.53. The van der Waals surface area contributed by atoms with Gasteiger partial charge in [0, 0.05) is 13.0 Å². The molecule has 0 fully saturated rings. The van der Waals surface area contributed by atoms with Crippen molar-refractivity contribution < 1.29 is 37.6 Å². The SMILES string of the molecule is CC/C=C\C/C=C\C/C=C\C/C=C\C/C=C\CC(=O)OC(COC(=O)CCCCCCCCCCCCCCCCCCCCCCCCCCC/C=C\CCCCCCCCCC)COP(=O)(O)OCCN. The summed E-state index contributed by atoms with van der Waals surface area (Å²) in [7, 11) is -4.41. The van der Waals surface area contributed by atoms with Crippen molar-refractivity contribution in [3.63, 3.8) is 0 Å². The highest BCUT2D eigenvalue weighted by Crippen LogP contribution is 2.43. The second-order valence-corrected chi connectivity index (χ2v) is 21.7. The van der Waals surface area contributed by atoms with Crippen LogP contribution in [-0.2, 0) is 32.7 Å². The first-order chi connectivity index (χ1) is 35.8. The number of unbranched alkanes of at least 4 members (excludes halogenated alkanes) is 33. The van der Waals surface area contributed by atoms with Gasteiger partial charge in [-0.15, -0.1) is 0 Å². The molecule has 0 rings (SSSR count). The van der Waals surface area contributed by atoms with Crippen LogP contribution >= 0.6 is 7.82 Å². The average Bonchev–Trinajstić information content (AvgIpc) is 3.38. The topological polar surface area (TPSA) is 134 Å². The lowest BCUT2D eigenvalue weighted by atomic mass is 10.0. The summed E-state index contributed by atoms with van der Waals surface area (Å²) >= 11 is 0. The van der Waals surface area contributed by atoms with Crippen molar-refractivity contribution in [1.82, 2.24) is 0 Å². The molecule has 0 heterocycles. The van der Waals surface area contributed by atoms with Crippen molar-refractivity contribution in [3.05, 3.63) is 72.9 Å². The van der Waals surface area contributed by atoms with Crippen molar-refractivity contribution in [2.24, 2.45) is 5.73 Å². The maximum Gasteiger partial charge on any atom is 0.472 e. The smallest absolute Gasteiger partial charge is 0.462 e. The van der Waals surface area contributed by atoms with E-state index in [-0.39, 0.29) is 32.6 Å². The first-order valence-electron chi connectivity index (χ1n) is 30.4. The van der Waals surface area contributed by atoms with Gasteiger partial charge in [0.05, 0.1) is 19.6 Å². The molecule has 9 nitrogen and oxygen atoms in total. The van der Waals surface area contributed by atoms with E-state index < -0.39 is 32.5 Å². The van der Waals surface area contributed by atoms with Gasteiger partial charge in [-0.3, -0.25) is 18.6 Å². The lowest BCUT2D eigenvalue weighted by molar-refractivity contribution is -0.160. The van der Waals surface area contributed by atoms with E-state index >= 15 is 0 Å². The summed E-state index contributed by atoms with van der Waals surface area (Å²) < 4.78 is 32.8. The molecule has 0 radical (unpaired) electrons. The predicted molar refractivity (Wildman–Crippen MR) is 312 cm³/mol. The van der Waals surface area contributed by atoms with E-state index in [1.165, 1.54) is 205 Å². The molecule has 2 atom stereocenters. The number of hydrogen-bond acceptors (Lipinski definition) is 8. The van der Waals surface area contributed by atoms with Gasteiger partial charge in [-0.1, -0.05) is 279 Å². The van der Waals surface area contributed by atoms with Gasteiger partial charge in [-0.25, -0.2) is 4.57 Å². The van der Waals surface area contributed by atoms with E-state index in [1.807, 2.05) is 12.2 Å². The first kappa shape index (κ1) is 70.5. The fourth-order valence-corrected chi connectivity index (χ4v) is 9.42. The lowest BCUT2D eigenvalue weighted by Crippen LogP contribution is -2.29. The maximum absolute atomic E-state index is 12.6. The molecule has 10 heteroatoms. The number of allylic oxidation sites excluding steroid dienone is 11. The van der Waals surface area contributed by atoms with E-state index in [0.717, 1.165) is 44.9 Å². The van der Waals surface area contributed by atoms with E-state index in [0.29, 0.717) is 6.42 Å². The second-order valence-electron chi connectivity index (χ2n) is 20.2. The summed E-state index contributed by atoms with van der Waals surface area (Å²) in [5.74, 6) is -0.969. The minimum Gasteiger partial charge on any atom is -0.462 e. The van der Waals surface area contributed by atoms with Crippen molar-refractivity contribution in [3.8, 4) is 0 Å². The Hall–Kier alpha value is -2.55. The predicted octanol–water partition coefficient (Wildman–Crippen LogP) is 19.3. The molecule has 0 aromatic rings. The Bertz CT molecular complexity index is 1420. The van der Waals surface area contributed by atoms with Gasteiger partial charge in [0.2, 0.25) is 0 Å². The van der Waals surface area contributed by atoms with Gasteiger partial charge in [0.25, 0.3) is 0 Å². The van der Waals surface area contributed by atoms with Crippen LogP contribution < -0.4 is 5.73 Å². The van der Waals surface area contributed by atoms with Crippen LogP contribution in [0.25, 0.3) is 0 Å². The molecular formula is C63H114NO8P. The molecule has 0 aromatic heterocycles. The van der Waals surface area contributed by atoms with Crippen molar-refractivity contribution in [2.45, 2.75) is 290 Å². The molecule has 0 aliphatic heterocycles. The summed E-state index contributed by atoms with van der Waals surface area (Å²) in [6.07, 6.45) is 76.1. The molecule has 0 aliphatic rings. The molecule has 0 aliphatic carbocycles.